The lowest BCUT2D eigenvalue weighted by atomic mass is 10.0. The molecular weight excluding hydrogens is 332 g/mol. The van der Waals surface area contributed by atoms with E-state index in [4.69, 9.17) is 9.72 Å². The van der Waals surface area contributed by atoms with Crippen LogP contribution in [0.5, 0.6) is 5.75 Å². The summed E-state index contributed by atoms with van der Waals surface area (Å²) >= 11 is 0. The van der Waals surface area contributed by atoms with Crippen LogP contribution in [0.15, 0.2) is 84.9 Å². The van der Waals surface area contributed by atoms with Gasteiger partial charge in [-0.1, -0.05) is 60.7 Å². The fraction of sp³-hybridized carbons (Fsp3) is 0.0417. The molecule has 130 valence electrons. The predicted octanol–water partition coefficient (Wildman–Crippen LogP) is 6.06. The van der Waals surface area contributed by atoms with Crippen LogP contribution in [-0.4, -0.2) is 17.1 Å². The third kappa shape index (κ3) is 2.64. The summed E-state index contributed by atoms with van der Waals surface area (Å²) in [5.74, 6) is 0.830. The molecule has 3 heteroatoms. The largest absolute Gasteiger partial charge is 0.497 e. The molecule has 0 atom stereocenters. The molecule has 0 radical (unpaired) electrons. The van der Waals surface area contributed by atoms with E-state index in [-0.39, 0.29) is 0 Å². The number of nitrogens with zero attached hydrogens (tertiary/aromatic N) is 1. The first-order valence-corrected chi connectivity index (χ1v) is 8.95. The van der Waals surface area contributed by atoms with Crippen LogP contribution in [0.2, 0.25) is 0 Å². The van der Waals surface area contributed by atoms with Crippen LogP contribution in [0, 0.1) is 0 Å². The number of ether oxygens (including phenoxy) is 1. The van der Waals surface area contributed by atoms with E-state index < -0.39 is 0 Å². The standard InChI is InChI=1S/C24H18N2O/c1-27-18-12-13-21-20(14-18)24-23(25-21)19(16-8-4-2-5-9-16)15-22(26-24)17-10-6-3-7-11-17/h2-15,25H,1H3. The molecule has 2 aromatic heterocycles. The minimum absolute atomic E-state index is 0.830. The van der Waals surface area contributed by atoms with Crippen molar-refractivity contribution >= 4 is 21.9 Å². The average molecular weight is 350 g/mol. The Morgan fingerprint density at radius 2 is 1.48 bits per heavy atom. The van der Waals surface area contributed by atoms with E-state index in [1.807, 2.05) is 42.5 Å². The van der Waals surface area contributed by atoms with Gasteiger partial charge in [-0.2, -0.15) is 0 Å². The Kier molecular flexibility index (Phi) is 3.65. The Hall–Kier alpha value is -3.59. The van der Waals surface area contributed by atoms with Gasteiger partial charge < -0.3 is 9.72 Å². The fourth-order valence-corrected chi connectivity index (χ4v) is 3.56. The molecule has 0 aliphatic carbocycles. The molecule has 0 saturated carbocycles. The van der Waals surface area contributed by atoms with Crippen molar-refractivity contribution in [3.05, 3.63) is 84.9 Å². The zero-order chi connectivity index (χ0) is 18.2. The summed E-state index contributed by atoms with van der Waals surface area (Å²) in [7, 11) is 1.69. The Labute approximate surface area is 157 Å². The van der Waals surface area contributed by atoms with Crippen LogP contribution < -0.4 is 4.74 Å². The fourth-order valence-electron chi connectivity index (χ4n) is 3.56. The maximum absolute atomic E-state index is 5.43. The number of fused-ring (bicyclic) bond motifs is 3. The summed E-state index contributed by atoms with van der Waals surface area (Å²) in [5, 5.41) is 1.07. The molecule has 0 bridgehead atoms. The topological polar surface area (TPSA) is 37.9 Å². The van der Waals surface area contributed by atoms with E-state index in [1.165, 1.54) is 5.56 Å². The van der Waals surface area contributed by atoms with Crippen molar-refractivity contribution in [1.29, 1.82) is 0 Å². The predicted molar refractivity (Wildman–Crippen MR) is 111 cm³/mol. The van der Waals surface area contributed by atoms with Gasteiger partial charge in [0.2, 0.25) is 0 Å². The van der Waals surface area contributed by atoms with Crippen molar-refractivity contribution in [2.75, 3.05) is 7.11 Å². The summed E-state index contributed by atoms with van der Waals surface area (Å²) < 4.78 is 5.43. The number of benzene rings is 3. The Morgan fingerprint density at radius 3 is 2.19 bits per heavy atom. The molecule has 0 fully saturated rings. The lowest BCUT2D eigenvalue weighted by Crippen LogP contribution is -1.88. The van der Waals surface area contributed by atoms with Crippen LogP contribution in [0.4, 0.5) is 0 Å². The highest BCUT2D eigenvalue weighted by Crippen LogP contribution is 2.36. The minimum atomic E-state index is 0.830. The molecule has 1 N–H and O–H groups in total. The van der Waals surface area contributed by atoms with Crippen molar-refractivity contribution in [1.82, 2.24) is 9.97 Å². The molecule has 27 heavy (non-hydrogen) atoms. The lowest BCUT2D eigenvalue weighted by Gasteiger charge is -2.08. The molecule has 3 nitrogen and oxygen atoms in total. The second kappa shape index (κ2) is 6.29. The van der Waals surface area contributed by atoms with Gasteiger partial charge in [-0.05, 0) is 29.8 Å². The monoisotopic (exact) mass is 350 g/mol. The van der Waals surface area contributed by atoms with Crippen molar-refractivity contribution in [2.45, 2.75) is 0 Å². The van der Waals surface area contributed by atoms with Crippen LogP contribution >= 0.6 is 0 Å². The molecule has 0 aliphatic heterocycles. The summed E-state index contributed by atoms with van der Waals surface area (Å²) in [4.78, 5) is 8.57. The van der Waals surface area contributed by atoms with E-state index >= 15 is 0 Å². The van der Waals surface area contributed by atoms with Gasteiger partial charge in [-0.25, -0.2) is 4.98 Å². The zero-order valence-electron chi connectivity index (χ0n) is 14.9. The lowest BCUT2D eigenvalue weighted by molar-refractivity contribution is 0.415. The van der Waals surface area contributed by atoms with Crippen LogP contribution in [0.1, 0.15) is 0 Å². The quantitative estimate of drug-likeness (QED) is 0.429. The molecular formula is C24H18N2O. The average Bonchev–Trinajstić information content (AvgIpc) is 3.12. The van der Waals surface area contributed by atoms with Crippen molar-refractivity contribution in [3.63, 3.8) is 0 Å². The number of hydrogen-bond acceptors (Lipinski definition) is 2. The molecule has 3 aromatic carbocycles. The number of nitrogens with one attached hydrogen (secondary N) is 1. The molecule has 5 rings (SSSR count). The van der Waals surface area contributed by atoms with Crippen molar-refractivity contribution in [3.8, 4) is 28.1 Å². The van der Waals surface area contributed by atoms with E-state index in [0.29, 0.717) is 0 Å². The van der Waals surface area contributed by atoms with E-state index in [0.717, 1.165) is 44.5 Å². The molecule has 0 aliphatic rings. The number of aromatic amines is 1. The smallest absolute Gasteiger partial charge is 0.119 e. The molecule has 0 unspecified atom stereocenters. The number of aromatic nitrogens is 2. The SMILES string of the molecule is COc1ccc2[nH]c3c(-c4ccccc4)cc(-c4ccccc4)nc3c2c1. The summed E-state index contributed by atoms with van der Waals surface area (Å²) in [6.07, 6.45) is 0. The molecule has 2 heterocycles. The third-order valence-corrected chi connectivity index (χ3v) is 4.92. The summed E-state index contributed by atoms with van der Waals surface area (Å²) in [6.45, 7) is 0. The highest BCUT2D eigenvalue weighted by atomic mass is 16.5. The van der Waals surface area contributed by atoms with Gasteiger partial charge in [-0.3, -0.25) is 0 Å². The molecule has 0 saturated heterocycles. The Bertz CT molecular complexity index is 1240. The van der Waals surface area contributed by atoms with Gasteiger partial charge >= 0.3 is 0 Å². The highest BCUT2D eigenvalue weighted by Gasteiger charge is 2.14. The van der Waals surface area contributed by atoms with Gasteiger partial charge in [0.1, 0.15) is 5.75 Å². The van der Waals surface area contributed by atoms with Crippen molar-refractivity contribution < 1.29 is 4.74 Å². The van der Waals surface area contributed by atoms with Gasteiger partial charge in [0, 0.05) is 22.0 Å². The third-order valence-electron chi connectivity index (χ3n) is 4.92. The first-order valence-electron chi connectivity index (χ1n) is 8.95. The van der Waals surface area contributed by atoms with Gasteiger partial charge in [0.05, 0.1) is 23.8 Å². The normalized spacial score (nSPS) is 11.1. The maximum atomic E-state index is 5.43. The zero-order valence-corrected chi connectivity index (χ0v) is 14.9. The molecule has 5 aromatic rings. The van der Waals surface area contributed by atoms with Crippen LogP contribution in [0.3, 0.4) is 0 Å². The first kappa shape index (κ1) is 15.6. The van der Waals surface area contributed by atoms with Crippen LogP contribution in [-0.2, 0) is 0 Å². The van der Waals surface area contributed by atoms with Crippen molar-refractivity contribution in [2.24, 2.45) is 0 Å². The molecule has 0 amide bonds. The van der Waals surface area contributed by atoms with E-state index in [9.17, 15) is 0 Å². The number of methoxy groups -OCH3 is 1. The number of rotatable bonds is 3. The number of hydrogen-bond donors (Lipinski definition) is 1. The molecule has 0 spiro atoms. The second-order valence-electron chi connectivity index (χ2n) is 6.55. The highest BCUT2D eigenvalue weighted by molar-refractivity contribution is 6.11. The van der Waals surface area contributed by atoms with Gasteiger partial charge in [-0.15, -0.1) is 0 Å². The summed E-state index contributed by atoms with van der Waals surface area (Å²) in [5.41, 5.74) is 7.45. The van der Waals surface area contributed by atoms with Gasteiger partial charge in [0.15, 0.2) is 0 Å². The van der Waals surface area contributed by atoms with E-state index in [2.05, 4.69) is 47.4 Å². The number of H-pyrrole nitrogens is 1. The minimum Gasteiger partial charge on any atom is -0.497 e. The second-order valence-corrected chi connectivity index (χ2v) is 6.55. The Balaban J connectivity index is 1.88. The Morgan fingerprint density at radius 1 is 0.778 bits per heavy atom. The van der Waals surface area contributed by atoms with Crippen LogP contribution in [0.25, 0.3) is 44.3 Å². The number of pyridine rings is 1. The maximum Gasteiger partial charge on any atom is 0.119 e. The summed E-state index contributed by atoms with van der Waals surface area (Å²) in [6, 6.07) is 29.0. The van der Waals surface area contributed by atoms with E-state index in [1.54, 1.807) is 7.11 Å². The first-order chi connectivity index (χ1) is 13.3. The van der Waals surface area contributed by atoms with Gasteiger partial charge in [0.25, 0.3) is 0 Å².